The first-order valence-corrected chi connectivity index (χ1v) is 9.32. The van der Waals surface area contributed by atoms with Gasteiger partial charge in [0.05, 0.1) is 40.8 Å². The van der Waals surface area contributed by atoms with E-state index in [-0.39, 0.29) is 0 Å². The first-order chi connectivity index (χ1) is 14.5. The van der Waals surface area contributed by atoms with Crippen molar-refractivity contribution in [2.45, 2.75) is 13.8 Å². The molecular formula is C20H20N8O2. The summed E-state index contributed by atoms with van der Waals surface area (Å²) in [6, 6.07) is 5.40. The van der Waals surface area contributed by atoms with Gasteiger partial charge in [-0.05, 0) is 32.0 Å². The van der Waals surface area contributed by atoms with Gasteiger partial charge in [-0.2, -0.15) is 10.1 Å². The van der Waals surface area contributed by atoms with E-state index in [2.05, 4.69) is 35.7 Å². The largest absolute Gasteiger partial charge is 0.462 e. The number of carbonyl (C=O) groups is 1. The number of nitrogens with one attached hydrogen (secondary N) is 2. The lowest BCUT2D eigenvalue weighted by atomic mass is 10.2. The van der Waals surface area contributed by atoms with Crippen molar-refractivity contribution in [1.82, 2.24) is 29.7 Å². The van der Waals surface area contributed by atoms with Gasteiger partial charge in [-0.1, -0.05) is 0 Å². The Morgan fingerprint density at radius 1 is 1.20 bits per heavy atom. The van der Waals surface area contributed by atoms with Gasteiger partial charge in [0.2, 0.25) is 5.95 Å². The van der Waals surface area contributed by atoms with Crippen molar-refractivity contribution in [2.24, 2.45) is 7.05 Å². The molecule has 0 aliphatic heterocycles. The number of anilines is 4. The van der Waals surface area contributed by atoms with Gasteiger partial charge in [0.1, 0.15) is 0 Å². The SMILES string of the molecule is CCOC(=O)c1cnc(C)c(Nc2nn(C)c3nc(Nc4cccnc4)ncc23)c1. The maximum Gasteiger partial charge on any atom is 0.339 e. The van der Waals surface area contributed by atoms with E-state index < -0.39 is 5.97 Å². The Kier molecular flexibility index (Phi) is 5.21. The molecule has 0 amide bonds. The molecule has 2 N–H and O–H groups in total. The van der Waals surface area contributed by atoms with Gasteiger partial charge in [0.25, 0.3) is 0 Å². The number of pyridine rings is 2. The summed E-state index contributed by atoms with van der Waals surface area (Å²) in [4.78, 5) is 29.3. The standard InChI is InChI=1S/C20H20N8O2/c1-4-30-19(29)13-8-16(12(2)22-9-13)25-17-15-11-23-20(26-18(15)28(3)27-17)24-14-6-5-7-21-10-14/h5-11H,4H2,1-3H3,(H,25,27)(H,23,24,26). The minimum atomic E-state index is -0.423. The summed E-state index contributed by atoms with van der Waals surface area (Å²) in [5.74, 6) is 0.576. The van der Waals surface area contributed by atoms with Crippen LogP contribution in [0.25, 0.3) is 11.0 Å². The number of fused-ring (bicyclic) bond motifs is 1. The van der Waals surface area contributed by atoms with Crippen molar-refractivity contribution >= 4 is 40.1 Å². The first-order valence-electron chi connectivity index (χ1n) is 9.32. The zero-order chi connectivity index (χ0) is 21.1. The average molecular weight is 404 g/mol. The van der Waals surface area contributed by atoms with E-state index >= 15 is 0 Å². The molecule has 10 nitrogen and oxygen atoms in total. The van der Waals surface area contributed by atoms with E-state index in [0.717, 1.165) is 16.8 Å². The number of aromatic nitrogens is 6. The van der Waals surface area contributed by atoms with E-state index in [4.69, 9.17) is 4.74 Å². The summed E-state index contributed by atoms with van der Waals surface area (Å²) < 4.78 is 6.71. The Morgan fingerprint density at radius 2 is 2.07 bits per heavy atom. The Hall–Kier alpha value is -4.08. The van der Waals surface area contributed by atoms with Gasteiger partial charge in [-0.3, -0.25) is 9.97 Å². The molecule has 0 bridgehead atoms. The quantitative estimate of drug-likeness (QED) is 0.467. The molecular weight excluding hydrogens is 384 g/mol. The van der Waals surface area contributed by atoms with Crippen molar-refractivity contribution in [2.75, 3.05) is 17.2 Å². The fourth-order valence-electron chi connectivity index (χ4n) is 2.87. The third kappa shape index (κ3) is 3.88. The second-order valence-electron chi connectivity index (χ2n) is 6.47. The second kappa shape index (κ2) is 8.11. The number of esters is 1. The molecule has 0 fully saturated rings. The van der Waals surface area contributed by atoms with Crippen molar-refractivity contribution in [3.8, 4) is 0 Å². The minimum absolute atomic E-state index is 0.299. The van der Waals surface area contributed by atoms with E-state index in [0.29, 0.717) is 35.3 Å². The predicted octanol–water partition coefficient (Wildman–Crippen LogP) is 3.13. The van der Waals surface area contributed by atoms with Gasteiger partial charge in [-0.25, -0.2) is 14.5 Å². The highest BCUT2D eigenvalue weighted by molar-refractivity contribution is 5.92. The third-order valence-corrected chi connectivity index (χ3v) is 4.35. The third-order valence-electron chi connectivity index (χ3n) is 4.35. The van der Waals surface area contributed by atoms with Crippen molar-refractivity contribution in [3.63, 3.8) is 0 Å². The number of nitrogens with zero attached hydrogens (tertiary/aromatic N) is 6. The number of carbonyl (C=O) groups excluding carboxylic acids is 1. The lowest BCUT2D eigenvalue weighted by Crippen LogP contribution is -2.07. The Balaban J connectivity index is 1.64. The lowest BCUT2D eigenvalue weighted by molar-refractivity contribution is 0.0526. The van der Waals surface area contributed by atoms with Gasteiger partial charge in [0, 0.05) is 25.6 Å². The highest BCUT2D eigenvalue weighted by atomic mass is 16.5. The van der Waals surface area contributed by atoms with Crippen LogP contribution < -0.4 is 10.6 Å². The zero-order valence-electron chi connectivity index (χ0n) is 16.7. The molecule has 4 aromatic heterocycles. The smallest absolute Gasteiger partial charge is 0.339 e. The van der Waals surface area contributed by atoms with Crippen LogP contribution in [-0.4, -0.2) is 42.3 Å². The van der Waals surface area contributed by atoms with Crippen LogP contribution >= 0.6 is 0 Å². The van der Waals surface area contributed by atoms with E-state index in [1.165, 1.54) is 6.20 Å². The molecule has 0 unspecified atom stereocenters. The molecule has 0 aliphatic rings. The lowest BCUT2D eigenvalue weighted by Gasteiger charge is -2.09. The van der Waals surface area contributed by atoms with Crippen LogP contribution in [0, 0.1) is 6.92 Å². The number of aryl methyl sites for hydroxylation is 2. The highest BCUT2D eigenvalue weighted by Crippen LogP contribution is 2.26. The maximum atomic E-state index is 12.0. The summed E-state index contributed by atoms with van der Waals surface area (Å²) in [6.07, 6.45) is 6.57. The van der Waals surface area contributed by atoms with Gasteiger partial charge in [0.15, 0.2) is 11.5 Å². The average Bonchev–Trinajstić information content (AvgIpc) is 3.05. The summed E-state index contributed by atoms with van der Waals surface area (Å²) in [5.41, 5.74) is 3.17. The monoisotopic (exact) mass is 404 g/mol. The fourth-order valence-corrected chi connectivity index (χ4v) is 2.87. The van der Waals surface area contributed by atoms with Crippen molar-refractivity contribution in [3.05, 3.63) is 54.2 Å². The van der Waals surface area contributed by atoms with Gasteiger partial charge < -0.3 is 15.4 Å². The molecule has 0 saturated heterocycles. The van der Waals surface area contributed by atoms with Crippen LogP contribution in [0.15, 0.2) is 43.0 Å². The molecule has 4 aromatic rings. The van der Waals surface area contributed by atoms with Crippen molar-refractivity contribution < 1.29 is 9.53 Å². The minimum Gasteiger partial charge on any atom is -0.462 e. The van der Waals surface area contributed by atoms with Gasteiger partial charge in [-0.15, -0.1) is 0 Å². The fraction of sp³-hybridized carbons (Fsp3) is 0.200. The molecule has 0 atom stereocenters. The van der Waals surface area contributed by atoms with Crippen LogP contribution in [0.2, 0.25) is 0 Å². The van der Waals surface area contributed by atoms with Crippen molar-refractivity contribution in [1.29, 1.82) is 0 Å². The Labute approximate surface area is 172 Å². The van der Waals surface area contributed by atoms with Gasteiger partial charge >= 0.3 is 5.97 Å². The number of rotatable bonds is 6. The summed E-state index contributed by atoms with van der Waals surface area (Å²) in [6.45, 7) is 3.90. The van der Waals surface area contributed by atoms with Crippen LogP contribution in [-0.2, 0) is 11.8 Å². The van der Waals surface area contributed by atoms with Crippen LogP contribution in [0.3, 0.4) is 0 Å². The van der Waals surface area contributed by atoms with Crippen LogP contribution in [0.5, 0.6) is 0 Å². The molecule has 4 rings (SSSR count). The summed E-state index contributed by atoms with van der Waals surface area (Å²) >= 11 is 0. The number of ether oxygens (including phenoxy) is 1. The summed E-state index contributed by atoms with van der Waals surface area (Å²) in [5, 5.41) is 11.6. The maximum absolute atomic E-state index is 12.0. The first kappa shape index (κ1) is 19.2. The van der Waals surface area contributed by atoms with E-state index in [9.17, 15) is 4.79 Å². The molecule has 30 heavy (non-hydrogen) atoms. The molecule has 0 spiro atoms. The molecule has 4 heterocycles. The van der Waals surface area contributed by atoms with E-state index in [1.54, 1.807) is 43.3 Å². The highest BCUT2D eigenvalue weighted by Gasteiger charge is 2.15. The normalized spacial score (nSPS) is 10.8. The predicted molar refractivity (Wildman–Crippen MR) is 112 cm³/mol. The van der Waals surface area contributed by atoms with E-state index in [1.807, 2.05) is 19.1 Å². The molecule has 0 radical (unpaired) electrons. The van der Waals surface area contributed by atoms with Crippen LogP contribution in [0.4, 0.5) is 23.1 Å². The number of hydrogen-bond acceptors (Lipinski definition) is 9. The topological polar surface area (TPSA) is 120 Å². The molecule has 0 saturated carbocycles. The zero-order valence-corrected chi connectivity index (χ0v) is 16.7. The molecule has 10 heteroatoms. The Bertz CT molecular complexity index is 1210. The summed E-state index contributed by atoms with van der Waals surface area (Å²) in [7, 11) is 1.80. The second-order valence-corrected chi connectivity index (χ2v) is 6.47. The van der Waals surface area contributed by atoms with Crippen LogP contribution in [0.1, 0.15) is 23.0 Å². The number of hydrogen-bond donors (Lipinski definition) is 2. The molecule has 0 aliphatic carbocycles. The molecule has 0 aromatic carbocycles. The Morgan fingerprint density at radius 3 is 2.83 bits per heavy atom. The molecule has 152 valence electrons.